The maximum absolute atomic E-state index is 12.8. The Bertz CT molecular complexity index is 333. The maximum atomic E-state index is 12.8. The van der Waals surface area contributed by atoms with Gasteiger partial charge in [-0.2, -0.15) is 0 Å². The van der Waals surface area contributed by atoms with Crippen LogP contribution in [0, 0.1) is 5.82 Å². The minimum absolute atomic E-state index is 0.184. The Hall–Kier alpha value is -1.38. The summed E-state index contributed by atoms with van der Waals surface area (Å²) in [7, 11) is 0. The van der Waals surface area contributed by atoms with Crippen molar-refractivity contribution in [2.75, 3.05) is 13.1 Å². The van der Waals surface area contributed by atoms with Crippen LogP contribution in [0.1, 0.15) is 5.56 Å². The van der Waals surface area contributed by atoms with Gasteiger partial charge in [0, 0.05) is 13.0 Å². The predicted molar refractivity (Wildman–Crippen MR) is 50.4 cm³/mol. The molecule has 1 heterocycles. The van der Waals surface area contributed by atoms with Gasteiger partial charge in [0.1, 0.15) is 11.7 Å². The molecule has 1 aliphatic rings. The van der Waals surface area contributed by atoms with Crippen molar-refractivity contribution >= 4 is 5.84 Å². The first-order valence-corrected chi connectivity index (χ1v) is 4.36. The Morgan fingerprint density at radius 3 is 3.08 bits per heavy atom. The highest BCUT2D eigenvalue weighted by molar-refractivity contribution is 5.85. The monoisotopic (exact) mass is 178 g/mol. The number of nitrogens with zero attached hydrogens (tertiary/aromatic N) is 1. The van der Waals surface area contributed by atoms with Gasteiger partial charge in [0.05, 0.1) is 6.54 Å². The van der Waals surface area contributed by atoms with Gasteiger partial charge < -0.3 is 5.32 Å². The van der Waals surface area contributed by atoms with Crippen LogP contribution < -0.4 is 5.32 Å². The molecule has 0 radical (unpaired) electrons. The Labute approximate surface area is 76.5 Å². The van der Waals surface area contributed by atoms with E-state index < -0.39 is 0 Å². The minimum atomic E-state index is -0.184. The Kier molecular flexibility index (Phi) is 2.25. The second-order valence-corrected chi connectivity index (χ2v) is 3.06. The Morgan fingerprint density at radius 2 is 2.38 bits per heavy atom. The second-order valence-electron chi connectivity index (χ2n) is 3.06. The molecule has 2 nitrogen and oxygen atoms in total. The average molecular weight is 178 g/mol. The second kappa shape index (κ2) is 3.56. The zero-order chi connectivity index (χ0) is 9.10. The number of rotatable bonds is 2. The van der Waals surface area contributed by atoms with Crippen LogP contribution in [0.5, 0.6) is 0 Å². The van der Waals surface area contributed by atoms with Gasteiger partial charge in [-0.05, 0) is 17.7 Å². The number of hydrogen-bond acceptors (Lipinski definition) is 2. The van der Waals surface area contributed by atoms with Crippen LogP contribution >= 0.6 is 0 Å². The highest BCUT2D eigenvalue weighted by Gasteiger charge is 2.05. The lowest BCUT2D eigenvalue weighted by atomic mass is 10.1. The third kappa shape index (κ3) is 2.05. The molecule has 1 N–H and O–H groups in total. The van der Waals surface area contributed by atoms with Crippen molar-refractivity contribution in [2.24, 2.45) is 4.99 Å². The zero-order valence-corrected chi connectivity index (χ0v) is 7.26. The SMILES string of the molecule is Fc1cccc(CC2=NCCN2)c1. The first kappa shape index (κ1) is 8.23. The van der Waals surface area contributed by atoms with Crippen molar-refractivity contribution in [3.63, 3.8) is 0 Å². The van der Waals surface area contributed by atoms with Crippen molar-refractivity contribution in [1.29, 1.82) is 0 Å². The highest BCUT2D eigenvalue weighted by Crippen LogP contribution is 2.05. The van der Waals surface area contributed by atoms with Crippen molar-refractivity contribution in [3.8, 4) is 0 Å². The van der Waals surface area contributed by atoms with Gasteiger partial charge in [0.25, 0.3) is 0 Å². The van der Waals surface area contributed by atoms with Crippen molar-refractivity contribution in [2.45, 2.75) is 6.42 Å². The largest absolute Gasteiger partial charge is 0.372 e. The van der Waals surface area contributed by atoms with Gasteiger partial charge in [-0.3, -0.25) is 4.99 Å². The third-order valence-electron chi connectivity index (χ3n) is 2.00. The van der Waals surface area contributed by atoms with Crippen LogP contribution in [0.4, 0.5) is 4.39 Å². The van der Waals surface area contributed by atoms with E-state index in [9.17, 15) is 4.39 Å². The summed E-state index contributed by atoms with van der Waals surface area (Å²) in [6.07, 6.45) is 0.706. The van der Waals surface area contributed by atoms with E-state index in [0.29, 0.717) is 6.42 Å². The standard InChI is InChI=1S/C10H11FN2/c11-9-3-1-2-8(6-9)7-10-12-4-5-13-10/h1-3,6H,4-5,7H2,(H,12,13). The number of nitrogens with one attached hydrogen (secondary N) is 1. The van der Waals surface area contributed by atoms with E-state index in [0.717, 1.165) is 24.5 Å². The predicted octanol–water partition coefficient (Wildman–Crippen LogP) is 1.37. The fourth-order valence-corrected chi connectivity index (χ4v) is 1.41. The summed E-state index contributed by atoms with van der Waals surface area (Å²) >= 11 is 0. The van der Waals surface area contributed by atoms with E-state index in [1.165, 1.54) is 6.07 Å². The molecule has 0 aliphatic carbocycles. The molecule has 1 aromatic carbocycles. The van der Waals surface area contributed by atoms with E-state index in [4.69, 9.17) is 0 Å². The van der Waals surface area contributed by atoms with Crippen LogP contribution in [-0.4, -0.2) is 18.9 Å². The average Bonchev–Trinajstić information content (AvgIpc) is 2.57. The highest BCUT2D eigenvalue weighted by atomic mass is 19.1. The van der Waals surface area contributed by atoms with Gasteiger partial charge >= 0.3 is 0 Å². The molecule has 0 unspecified atom stereocenters. The lowest BCUT2D eigenvalue weighted by Gasteiger charge is -2.01. The number of hydrogen-bond donors (Lipinski definition) is 1. The lowest BCUT2D eigenvalue weighted by molar-refractivity contribution is 0.626. The number of aliphatic imine (C=N–C) groups is 1. The first-order valence-electron chi connectivity index (χ1n) is 4.36. The molecule has 68 valence electrons. The van der Waals surface area contributed by atoms with Gasteiger partial charge in [-0.1, -0.05) is 12.1 Å². The molecule has 0 spiro atoms. The maximum Gasteiger partial charge on any atom is 0.123 e. The van der Waals surface area contributed by atoms with Crippen molar-refractivity contribution in [3.05, 3.63) is 35.6 Å². The summed E-state index contributed by atoms with van der Waals surface area (Å²) in [5, 5.41) is 3.15. The smallest absolute Gasteiger partial charge is 0.123 e. The molecule has 0 aromatic heterocycles. The molecular formula is C10H11FN2. The molecule has 0 fully saturated rings. The number of benzene rings is 1. The minimum Gasteiger partial charge on any atom is -0.372 e. The van der Waals surface area contributed by atoms with Gasteiger partial charge in [-0.15, -0.1) is 0 Å². The normalized spacial score (nSPS) is 15.3. The van der Waals surface area contributed by atoms with Gasteiger partial charge in [-0.25, -0.2) is 4.39 Å². The molecule has 1 aromatic rings. The summed E-state index contributed by atoms with van der Waals surface area (Å²) in [5.41, 5.74) is 0.966. The summed E-state index contributed by atoms with van der Waals surface area (Å²) in [4.78, 5) is 4.24. The summed E-state index contributed by atoms with van der Waals surface area (Å²) < 4.78 is 12.8. The molecular weight excluding hydrogens is 167 g/mol. The van der Waals surface area contributed by atoms with Crippen LogP contribution in [0.2, 0.25) is 0 Å². The van der Waals surface area contributed by atoms with E-state index in [-0.39, 0.29) is 5.82 Å². The van der Waals surface area contributed by atoms with Gasteiger partial charge in [0.15, 0.2) is 0 Å². The van der Waals surface area contributed by atoms with E-state index in [1.54, 1.807) is 12.1 Å². The topological polar surface area (TPSA) is 24.4 Å². The molecule has 0 saturated carbocycles. The summed E-state index contributed by atoms with van der Waals surface area (Å²) in [6, 6.07) is 6.63. The molecule has 0 atom stereocenters. The van der Waals surface area contributed by atoms with Crippen molar-refractivity contribution in [1.82, 2.24) is 5.32 Å². The van der Waals surface area contributed by atoms with Crippen LogP contribution in [-0.2, 0) is 6.42 Å². The Morgan fingerprint density at radius 1 is 1.46 bits per heavy atom. The molecule has 0 amide bonds. The first-order chi connectivity index (χ1) is 6.34. The molecule has 0 saturated heterocycles. The fraction of sp³-hybridized carbons (Fsp3) is 0.300. The van der Waals surface area contributed by atoms with Crippen molar-refractivity contribution < 1.29 is 4.39 Å². The zero-order valence-electron chi connectivity index (χ0n) is 7.26. The summed E-state index contributed by atoms with van der Waals surface area (Å²) in [6.45, 7) is 1.75. The van der Waals surface area contributed by atoms with Crippen LogP contribution in [0.3, 0.4) is 0 Å². The fourth-order valence-electron chi connectivity index (χ4n) is 1.41. The molecule has 3 heteroatoms. The number of amidine groups is 1. The molecule has 1 aliphatic heterocycles. The van der Waals surface area contributed by atoms with Crippen LogP contribution in [0.15, 0.2) is 29.3 Å². The van der Waals surface area contributed by atoms with Crippen LogP contribution in [0.25, 0.3) is 0 Å². The third-order valence-corrected chi connectivity index (χ3v) is 2.00. The Balaban J connectivity index is 2.09. The molecule has 2 rings (SSSR count). The van der Waals surface area contributed by atoms with E-state index in [2.05, 4.69) is 10.3 Å². The number of halogens is 1. The van der Waals surface area contributed by atoms with E-state index >= 15 is 0 Å². The summed E-state index contributed by atoms with van der Waals surface area (Å²) in [5.74, 6) is 0.779. The lowest BCUT2D eigenvalue weighted by Crippen LogP contribution is -2.20. The molecule has 0 bridgehead atoms. The van der Waals surface area contributed by atoms with Gasteiger partial charge in [0.2, 0.25) is 0 Å². The quantitative estimate of drug-likeness (QED) is 0.726. The van der Waals surface area contributed by atoms with E-state index in [1.807, 2.05) is 6.07 Å². The molecule has 13 heavy (non-hydrogen) atoms.